The first kappa shape index (κ1) is 38.0. The monoisotopic (exact) mass is 535 g/mol. The van der Waals surface area contributed by atoms with Gasteiger partial charge in [-0.25, -0.2) is 0 Å². The molecule has 0 rings (SSSR count). The highest BCUT2D eigenvalue weighted by Gasteiger charge is 2.50. The Balaban J connectivity index is 5.12. The van der Waals surface area contributed by atoms with E-state index in [0.717, 1.165) is 41.4 Å². The van der Waals surface area contributed by atoms with Crippen molar-refractivity contribution in [1.82, 2.24) is 0 Å². The van der Waals surface area contributed by atoms with Gasteiger partial charge >= 0.3 is 0 Å². The maximum absolute atomic E-state index is 2.64. The normalized spacial score (nSPS) is 21.6. The first-order valence-electron chi connectivity index (χ1n) is 17.6. The molecule has 0 nitrogen and oxygen atoms in total. The highest BCUT2D eigenvalue weighted by Crippen LogP contribution is 2.59. The lowest BCUT2D eigenvalue weighted by Gasteiger charge is -2.56. The molecule has 0 amide bonds. The van der Waals surface area contributed by atoms with Crippen LogP contribution in [0.15, 0.2) is 0 Å². The third-order valence-corrected chi connectivity index (χ3v) is 13.4. The molecule has 9 unspecified atom stereocenters. The van der Waals surface area contributed by atoms with E-state index in [9.17, 15) is 0 Å². The Hall–Kier alpha value is 0. The predicted octanol–water partition coefficient (Wildman–Crippen LogP) is 13.6. The summed E-state index contributed by atoms with van der Waals surface area (Å²) in [5, 5.41) is 0. The minimum Gasteiger partial charge on any atom is -0.0654 e. The summed E-state index contributed by atoms with van der Waals surface area (Å²) in [7, 11) is 0. The molecule has 0 fully saturated rings. The van der Waals surface area contributed by atoms with Crippen LogP contribution in [0, 0.1) is 57.7 Å². The summed E-state index contributed by atoms with van der Waals surface area (Å²) < 4.78 is 0. The molecule has 0 heteroatoms. The van der Waals surface area contributed by atoms with E-state index in [1.54, 1.807) is 0 Å². The Morgan fingerprint density at radius 1 is 0.421 bits per heavy atom. The standard InChI is InChI=1S/C38H78/c1-16-20-30(6)34(10)25-27-37(14,18-3)36(12,13)38(15,19-4)28-26-35(11)33(9)24-23-32(8)31(7)22-21-29(5)17-2/h29-35H,16-28H2,1-15H3. The van der Waals surface area contributed by atoms with Gasteiger partial charge in [0.05, 0.1) is 0 Å². The van der Waals surface area contributed by atoms with Gasteiger partial charge in [-0.3, -0.25) is 0 Å². The molecule has 0 aliphatic carbocycles. The number of hydrogen-bond acceptors (Lipinski definition) is 0. The molecular formula is C38H78. The summed E-state index contributed by atoms with van der Waals surface area (Å²) in [4.78, 5) is 0. The highest BCUT2D eigenvalue weighted by molar-refractivity contribution is 4.99. The van der Waals surface area contributed by atoms with E-state index in [-0.39, 0.29) is 0 Å². The van der Waals surface area contributed by atoms with Gasteiger partial charge in [0.2, 0.25) is 0 Å². The molecular weight excluding hydrogens is 456 g/mol. The molecule has 0 aliphatic heterocycles. The maximum Gasteiger partial charge on any atom is -0.0247 e. The molecule has 0 heterocycles. The van der Waals surface area contributed by atoms with E-state index in [1.807, 2.05) is 0 Å². The van der Waals surface area contributed by atoms with Crippen LogP contribution in [-0.4, -0.2) is 0 Å². The molecule has 0 aliphatic rings. The molecule has 38 heavy (non-hydrogen) atoms. The molecule has 0 aromatic rings. The largest absolute Gasteiger partial charge is 0.0654 e. The second-order valence-electron chi connectivity index (χ2n) is 15.9. The van der Waals surface area contributed by atoms with E-state index in [0.29, 0.717) is 16.2 Å². The van der Waals surface area contributed by atoms with Crippen molar-refractivity contribution < 1.29 is 0 Å². The second kappa shape index (κ2) is 17.7. The first-order chi connectivity index (χ1) is 17.6. The second-order valence-corrected chi connectivity index (χ2v) is 15.9. The van der Waals surface area contributed by atoms with Crippen molar-refractivity contribution in [2.75, 3.05) is 0 Å². The lowest BCUT2D eigenvalue weighted by molar-refractivity contribution is -0.0649. The zero-order valence-corrected chi connectivity index (χ0v) is 29.7. The van der Waals surface area contributed by atoms with Crippen molar-refractivity contribution in [2.45, 2.75) is 187 Å². The van der Waals surface area contributed by atoms with Gasteiger partial charge in [-0.15, -0.1) is 0 Å². The average molecular weight is 535 g/mol. The number of rotatable bonds is 22. The SMILES string of the molecule is CCCC(C)C(C)CCC(C)(CC)C(C)(C)C(C)(CC)CCC(C)C(C)CCC(C)C(C)CCC(C)CC. The summed E-state index contributed by atoms with van der Waals surface area (Å²) in [6.45, 7) is 37.7. The van der Waals surface area contributed by atoms with Crippen LogP contribution in [0.4, 0.5) is 0 Å². The van der Waals surface area contributed by atoms with Gasteiger partial charge in [-0.05, 0) is 83.4 Å². The number of hydrogen-bond donors (Lipinski definition) is 0. The zero-order valence-electron chi connectivity index (χ0n) is 29.7. The van der Waals surface area contributed by atoms with Gasteiger partial charge in [-0.1, -0.05) is 162 Å². The van der Waals surface area contributed by atoms with Crippen LogP contribution in [0.1, 0.15) is 187 Å². The van der Waals surface area contributed by atoms with Crippen molar-refractivity contribution in [3.8, 4) is 0 Å². The minimum atomic E-state index is 0.333. The van der Waals surface area contributed by atoms with Crippen LogP contribution in [0.2, 0.25) is 0 Å². The van der Waals surface area contributed by atoms with Crippen LogP contribution in [0.3, 0.4) is 0 Å². The summed E-state index contributed by atoms with van der Waals surface area (Å²) in [6.07, 6.45) is 17.8. The quantitative estimate of drug-likeness (QED) is 0.129. The van der Waals surface area contributed by atoms with Crippen LogP contribution < -0.4 is 0 Å². The molecule has 0 bridgehead atoms. The van der Waals surface area contributed by atoms with Gasteiger partial charge < -0.3 is 0 Å². The molecule has 0 saturated heterocycles. The highest BCUT2D eigenvalue weighted by atomic mass is 14.5. The zero-order chi connectivity index (χ0) is 29.7. The van der Waals surface area contributed by atoms with E-state index >= 15 is 0 Å². The first-order valence-corrected chi connectivity index (χ1v) is 17.6. The summed E-state index contributed by atoms with van der Waals surface area (Å²) in [5.74, 6) is 5.98. The van der Waals surface area contributed by atoms with E-state index in [2.05, 4.69) is 104 Å². The Labute approximate surface area is 244 Å². The van der Waals surface area contributed by atoms with Crippen molar-refractivity contribution in [2.24, 2.45) is 57.7 Å². The Morgan fingerprint density at radius 3 is 1.05 bits per heavy atom. The molecule has 0 N–H and O–H groups in total. The fourth-order valence-electron chi connectivity index (χ4n) is 7.12. The van der Waals surface area contributed by atoms with Crippen molar-refractivity contribution in [3.05, 3.63) is 0 Å². The molecule has 0 radical (unpaired) electrons. The molecule has 9 atom stereocenters. The predicted molar refractivity (Wildman–Crippen MR) is 177 cm³/mol. The van der Waals surface area contributed by atoms with Crippen LogP contribution in [-0.2, 0) is 0 Å². The summed E-state index contributed by atoms with van der Waals surface area (Å²) in [6, 6.07) is 0. The minimum absolute atomic E-state index is 0.333. The Bertz CT molecular complexity index is 589. The fraction of sp³-hybridized carbons (Fsp3) is 1.00. The van der Waals surface area contributed by atoms with E-state index in [4.69, 9.17) is 0 Å². The van der Waals surface area contributed by atoms with E-state index < -0.39 is 0 Å². The van der Waals surface area contributed by atoms with Gasteiger partial charge in [0.1, 0.15) is 0 Å². The third-order valence-electron chi connectivity index (χ3n) is 13.4. The molecule has 0 aromatic carbocycles. The molecule has 0 aromatic heterocycles. The van der Waals surface area contributed by atoms with Crippen LogP contribution in [0.5, 0.6) is 0 Å². The fourth-order valence-corrected chi connectivity index (χ4v) is 7.12. The Morgan fingerprint density at radius 2 is 0.737 bits per heavy atom. The molecule has 0 saturated carbocycles. The van der Waals surface area contributed by atoms with Crippen molar-refractivity contribution in [3.63, 3.8) is 0 Å². The van der Waals surface area contributed by atoms with Crippen LogP contribution >= 0.6 is 0 Å². The van der Waals surface area contributed by atoms with Gasteiger partial charge in [-0.2, -0.15) is 0 Å². The van der Waals surface area contributed by atoms with Crippen LogP contribution in [0.25, 0.3) is 0 Å². The Kier molecular flexibility index (Phi) is 17.7. The van der Waals surface area contributed by atoms with Gasteiger partial charge in [0.15, 0.2) is 0 Å². The van der Waals surface area contributed by atoms with Gasteiger partial charge in [0.25, 0.3) is 0 Å². The molecule has 0 spiro atoms. The maximum atomic E-state index is 2.64. The molecule has 230 valence electrons. The summed E-state index contributed by atoms with van der Waals surface area (Å²) >= 11 is 0. The van der Waals surface area contributed by atoms with E-state index in [1.165, 1.54) is 83.5 Å². The average Bonchev–Trinajstić information content (AvgIpc) is 2.90. The lowest BCUT2D eigenvalue weighted by Crippen LogP contribution is -2.47. The third kappa shape index (κ3) is 11.1. The van der Waals surface area contributed by atoms with Crippen molar-refractivity contribution in [1.29, 1.82) is 0 Å². The lowest BCUT2D eigenvalue weighted by atomic mass is 9.49. The van der Waals surface area contributed by atoms with Crippen molar-refractivity contribution >= 4 is 0 Å². The smallest absolute Gasteiger partial charge is 0.0247 e. The summed E-state index contributed by atoms with van der Waals surface area (Å²) in [5.41, 5.74) is 1.12. The topological polar surface area (TPSA) is 0 Å². The van der Waals surface area contributed by atoms with Gasteiger partial charge in [0, 0.05) is 0 Å².